The topological polar surface area (TPSA) is 57.6 Å². The minimum atomic E-state index is -0.722. The third-order valence-electron chi connectivity index (χ3n) is 5.14. The van der Waals surface area contributed by atoms with E-state index in [1.807, 2.05) is 18.7 Å². The molecular weight excluding hydrogens is 309 g/mol. The van der Waals surface area contributed by atoms with E-state index in [2.05, 4.69) is 0 Å². The van der Waals surface area contributed by atoms with E-state index in [-0.39, 0.29) is 29.6 Å². The predicted molar refractivity (Wildman–Crippen MR) is 89.9 cm³/mol. The number of hydrogen-bond donors (Lipinski definition) is 1. The summed E-state index contributed by atoms with van der Waals surface area (Å²) in [7, 11) is 0. The first-order valence-electron chi connectivity index (χ1n) is 8.70. The number of hydrogen-bond acceptors (Lipinski definition) is 2. The van der Waals surface area contributed by atoms with Gasteiger partial charge < -0.3 is 10.0 Å². The summed E-state index contributed by atoms with van der Waals surface area (Å²) >= 11 is 0. The molecule has 1 aromatic rings. The van der Waals surface area contributed by atoms with Crippen LogP contribution in [0.3, 0.4) is 0 Å². The van der Waals surface area contributed by atoms with Crippen LogP contribution in [0, 0.1) is 17.7 Å². The number of carboxylic acids is 1. The fraction of sp³-hybridized carbons (Fsp3) is 0.579. The highest BCUT2D eigenvalue weighted by molar-refractivity contribution is 5.77. The van der Waals surface area contributed by atoms with Gasteiger partial charge >= 0.3 is 5.97 Å². The largest absolute Gasteiger partial charge is 0.481 e. The average molecular weight is 335 g/mol. The summed E-state index contributed by atoms with van der Waals surface area (Å²) in [5.74, 6) is -0.900. The first-order chi connectivity index (χ1) is 11.4. The van der Waals surface area contributed by atoms with Crippen LogP contribution < -0.4 is 0 Å². The van der Waals surface area contributed by atoms with Gasteiger partial charge in [-0.15, -0.1) is 0 Å². The predicted octanol–water partition coefficient (Wildman–Crippen LogP) is 4.02. The molecule has 1 aliphatic rings. The van der Waals surface area contributed by atoms with Crippen LogP contribution in [-0.4, -0.2) is 28.4 Å². The second-order valence-electron chi connectivity index (χ2n) is 6.67. The summed E-state index contributed by atoms with van der Waals surface area (Å²) in [5, 5.41) is 9.05. The van der Waals surface area contributed by atoms with Crippen LogP contribution in [0.4, 0.5) is 4.39 Å². The zero-order valence-electron chi connectivity index (χ0n) is 14.4. The second kappa shape index (κ2) is 8.27. The molecule has 0 radical (unpaired) electrons. The standard InChI is InChI=1S/C19H26FNO3/c1-3-21(13(2)15-8-10-17(20)11-9-15)18(22)12-14-4-6-16(7-5-14)19(23)24/h8-11,13-14,16H,3-7,12H2,1-2H3,(H,23,24). The molecule has 1 atom stereocenters. The molecular formula is C19H26FNO3. The molecule has 2 rings (SSSR count). The Morgan fingerprint density at radius 1 is 1.21 bits per heavy atom. The Kier molecular flexibility index (Phi) is 6.35. The molecule has 132 valence electrons. The van der Waals surface area contributed by atoms with Crippen LogP contribution in [0.5, 0.6) is 0 Å². The van der Waals surface area contributed by atoms with Crippen molar-refractivity contribution in [3.8, 4) is 0 Å². The molecule has 24 heavy (non-hydrogen) atoms. The summed E-state index contributed by atoms with van der Waals surface area (Å²) in [6.07, 6.45) is 3.38. The zero-order chi connectivity index (χ0) is 17.7. The molecule has 0 aliphatic heterocycles. The normalized spacial score (nSPS) is 22.0. The number of aliphatic carboxylic acids is 1. The zero-order valence-corrected chi connectivity index (χ0v) is 14.4. The van der Waals surface area contributed by atoms with E-state index in [9.17, 15) is 14.0 Å². The lowest BCUT2D eigenvalue weighted by Gasteiger charge is -2.32. The number of carbonyl (C=O) groups excluding carboxylic acids is 1. The number of halogens is 1. The van der Waals surface area contributed by atoms with Gasteiger partial charge in [-0.05, 0) is 63.1 Å². The molecule has 1 fully saturated rings. The van der Waals surface area contributed by atoms with Crippen LogP contribution >= 0.6 is 0 Å². The summed E-state index contributed by atoms with van der Waals surface area (Å²) in [6.45, 7) is 4.50. The van der Waals surface area contributed by atoms with Crippen LogP contribution in [-0.2, 0) is 9.59 Å². The van der Waals surface area contributed by atoms with Gasteiger partial charge in [0.1, 0.15) is 5.82 Å². The lowest BCUT2D eigenvalue weighted by molar-refractivity contribution is -0.143. The molecule has 0 bridgehead atoms. The quantitative estimate of drug-likeness (QED) is 0.854. The summed E-state index contributed by atoms with van der Waals surface area (Å²) in [6, 6.07) is 6.16. The number of carbonyl (C=O) groups is 2. The Hall–Kier alpha value is -1.91. The highest BCUT2D eigenvalue weighted by Crippen LogP contribution is 2.32. The van der Waals surface area contributed by atoms with E-state index in [4.69, 9.17) is 5.11 Å². The van der Waals surface area contributed by atoms with Crippen molar-refractivity contribution >= 4 is 11.9 Å². The highest BCUT2D eigenvalue weighted by Gasteiger charge is 2.29. The van der Waals surface area contributed by atoms with Gasteiger partial charge in [0.05, 0.1) is 12.0 Å². The molecule has 0 spiro atoms. The van der Waals surface area contributed by atoms with Crippen LogP contribution in [0.25, 0.3) is 0 Å². The first-order valence-corrected chi connectivity index (χ1v) is 8.70. The molecule has 0 aromatic heterocycles. The van der Waals surface area contributed by atoms with Crippen LogP contribution in [0.15, 0.2) is 24.3 Å². The van der Waals surface area contributed by atoms with Gasteiger partial charge in [-0.2, -0.15) is 0 Å². The number of benzene rings is 1. The van der Waals surface area contributed by atoms with Crippen molar-refractivity contribution in [2.45, 2.75) is 52.0 Å². The SMILES string of the molecule is CCN(C(=O)CC1CCC(C(=O)O)CC1)C(C)c1ccc(F)cc1. The fourth-order valence-corrected chi connectivity index (χ4v) is 3.57. The van der Waals surface area contributed by atoms with E-state index in [1.165, 1.54) is 12.1 Å². The first kappa shape index (κ1) is 18.4. The minimum absolute atomic E-state index is 0.0908. The minimum Gasteiger partial charge on any atom is -0.481 e. The Labute approximate surface area is 142 Å². The molecule has 0 saturated heterocycles. The van der Waals surface area contributed by atoms with Crippen molar-refractivity contribution in [1.29, 1.82) is 0 Å². The monoisotopic (exact) mass is 335 g/mol. The van der Waals surface area contributed by atoms with Crippen molar-refractivity contribution in [3.05, 3.63) is 35.6 Å². The van der Waals surface area contributed by atoms with Crippen LogP contribution in [0.1, 0.15) is 57.6 Å². The lowest BCUT2D eigenvalue weighted by atomic mass is 9.80. The van der Waals surface area contributed by atoms with Crippen molar-refractivity contribution < 1.29 is 19.1 Å². The molecule has 1 N–H and O–H groups in total. The molecule has 1 unspecified atom stereocenters. The second-order valence-corrected chi connectivity index (χ2v) is 6.67. The number of rotatable bonds is 6. The molecule has 0 heterocycles. The number of nitrogens with zero attached hydrogens (tertiary/aromatic N) is 1. The maximum atomic E-state index is 13.1. The van der Waals surface area contributed by atoms with Crippen molar-refractivity contribution in [2.75, 3.05) is 6.54 Å². The van der Waals surface area contributed by atoms with Gasteiger partial charge in [0.15, 0.2) is 0 Å². The van der Waals surface area contributed by atoms with Gasteiger partial charge in [-0.3, -0.25) is 9.59 Å². The Bertz CT molecular complexity index is 564. The maximum Gasteiger partial charge on any atom is 0.306 e. The molecule has 1 aliphatic carbocycles. The lowest BCUT2D eigenvalue weighted by Crippen LogP contribution is -2.35. The van der Waals surface area contributed by atoms with E-state index in [1.54, 1.807) is 12.1 Å². The van der Waals surface area contributed by atoms with Gasteiger partial charge in [0.2, 0.25) is 5.91 Å². The Morgan fingerprint density at radius 2 is 1.79 bits per heavy atom. The number of carboxylic acid groups (broad SMARTS) is 1. The van der Waals surface area contributed by atoms with Crippen molar-refractivity contribution in [1.82, 2.24) is 4.90 Å². The third-order valence-corrected chi connectivity index (χ3v) is 5.14. The van der Waals surface area contributed by atoms with Gasteiger partial charge in [0, 0.05) is 13.0 Å². The summed E-state index contributed by atoms with van der Waals surface area (Å²) in [5.41, 5.74) is 0.918. The van der Waals surface area contributed by atoms with Gasteiger partial charge in [-0.1, -0.05) is 12.1 Å². The Balaban J connectivity index is 1.94. The highest BCUT2D eigenvalue weighted by atomic mass is 19.1. The molecule has 1 saturated carbocycles. The van der Waals surface area contributed by atoms with Gasteiger partial charge in [0.25, 0.3) is 0 Å². The molecule has 5 heteroatoms. The van der Waals surface area contributed by atoms with E-state index >= 15 is 0 Å². The van der Waals surface area contributed by atoms with Gasteiger partial charge in [-0.25, -0.2) is 4.39 Å². The summed E-state index contributed by atoms with van der Waals surface area (Å²) < 4.78 is 13.1. The van der Waals surface area contributed by atoms with Crippen molar-refractivity contribution in [3.63, 3.8) is 0 Å². The summed E-state index contributed by atoms with van der Waals surface area (Å²) in [4.78, 5) is 25.5. The third kappa shape index (κ3) is 4.56. The van der Waals surface area contributed by atoms with E-state index in [0.717, 1.165) is 18.4 Å². The van der Waals surface area contributed by atoms with Crippen molar-refractivity contribution in [2.24, 2.45) is 11.8 Å². The maximum absolute atomic E-state index is 13.1. The van der Waals surface area contributed by atoms with E-state index < -0.39 is 5.97 Å². The number of amides is 1. The van der Waals surface area contributed by atoms with E-state index in [0.29, 0.717) is 25.8 Å². The average Bonchev–Trinajstić information content (AvgIpc) is 2.56. The molecule has 1 amide bonds. The molecule has 4 nitrogen and oxygen atoms in total. The molecule has 1 aromatic carbocycles. The van der Waals surface area contributed by atoms with Crippen LogP contribution in [0.2, 0.25) is 0 Å². The Morgan fingerprint density at radius 3 is 2.29 bits per heavy atom. The smallest absolute Gasteiger partial charge is 0.306 e. The fourth-order valence-electron chi connectivity index (χ4n) is 3.57.